The molecule has 1 aliphatic rings. The molecule has 7 heteroatoms. The Morgan fingerprint density at radius 2 is 2.11 bits per heavy atom. The van der Waals surface area contributed by atoms with E-state index in [1.165, 1.54) is 0 Å². The molecule has 0 saturated carbocycles. The van der Waals surface area contributed by atoms with Crippen LogP contribution in [0.5, 0.6) is 0 Å². The van der Waals surface area contributed by atoms with Crippen LogP contribution in [0, 0.1) is 5.41 Å². The molecule has 0 aliphatic carbocycles. The number of nitrogens with zero attached hydrogens (tertiary/aromatic N) is 1. The van der Waals surface area contributed by atoms with Gasteiger partial charge < -0.3 is 20.6 Å². The second-order valence-electron chi connectivity index (χ2n) is 5.44. The minimum Gasteiger partial charge on any atom is -0.481 e. The summed E-state index contributed by atoms with van der Waals surface area (Å²) in [4.78, 5) is 35.6. The maximum atomic E-state index is 11.6. The lowest BCUT2D eigenvalue weighted by Crippen LogP contribution is -2.46. The van der Waals surface area contributed by atoms with Crippen LogP contribution >= 0.6 is 0 Å². The number of hydrogen-bond acceptors (Lipinski definition) is 3. The van der Waals surface area contributed by atoms with E-state index in [9.17, 15) is 14.4 Å². The largest absolute Gasteiger partial charge is 0.481 e. The fourth-order valence-electron chi connectivity index (χ4n) is 1.76. The molecular weight excluding hydrogens is 250 g/mol. The lowest BCUT2D eigenvalue weighted by molar-refractivity contribution is -0.147. The summed E-state index contributed by atoms with van der Waals surface area (Å²) < 4.78 is 0. The van der Waals surface area contributed by atoms with Crippen LogP contribution in [0.2, 0.25) is 0 Å². The van der Waals surface area contributed by atoms with Gasteiger partial charge in [-0.3, -0.25) is 9.59 Å². The standard InChI is InChI=1S/C12H21N3O4/c1-12(2,10(17)18)5-6-13-11(19)14-8-4-7-15(3)9(8)16/h8H,4-7H2,1-3H3,(H,17,18)(H2,13,14,19). The van der Waals surface area contributed by atoms with Crippen molar-refractivity contribution in [1.82, 2.24) is 15.5 Å². The Kier molecular flexibility index (Phi) is 4.74. The number of nitrogens with one attached hydrogen (secondary N) is 2. The van der Waals surface area contributed by atoms with Crippen molar-refractivity contribution in [3.05, 3.63) is 0 Å². The first-order valence-corrected chi connectivity index (χ1v) is 6.27. The van der Waals surface area contributed by atoms with Crippen molar-refractivity contribution in [2.75, 3.05) is 20.1 Å². The summed E-state index contributed by atoms with van der Waals surface area (Å²) in [5, 5.41) is 14.1. The van der Waals surface area contributed by atoms with Crippen molar-refractivity contribution in [2.24, 2.45) is 5.41 Å². The molecule has 3 amide bonds. The predicted molar refractivity (Wildman–Crippen MR) is 68.6 cm³/mol. The molecule has 1 fully saturated rings. The van der Waals surface area contributed by atoms with Crippen LogP contribution in [0.4, 0.5) is 4.79 Å². The number of rotatable bonds is 5. The highest BCUT2D eigenvalue weighted by atomic mass is 16.4. The van der Waals surface area contributed by atoms with Gasteiger partial charge in [0.25, 0.3) is 0 Å². The Bertz CT molecular complexity index is 381. The Labute approximate surface area is 112 Å². The predicted octanol–water partition coefficient (Wildman–Crippen LogP) is 0.0172. The summed E-state index contributed by atoms with van der Waals surface area (Å²) in [7, 11) is 1.69. The van der Waals surface area contributed by atoms with Gasteiger partial charge in [0.05, 0.1) is 5.41 Å². The molecule has 0 radical (unpaired) electrons. The highest BCUT2D eigenvalue weighted by molar-refractivity contribution is 5.88. The molecular formula is C12H21N3O4. The molecule has 1 atom stereocenters. The second kappa shape index (κ2) is 5.90. The molecule has 1 saturated heterocycles. The monoisotopic (exact) mass is 271 g/mol. The number of carboxylic acids is 1. The summed E-state index contributed by atoms with van der Waals surface area (Å²) >= 11 is 0. The Balaban J connectivity index is 2.29. The van der Waals surface area contributed by atoms with Gasteiger partial charge in [0.15, 0.2) is 0 Å². The van der Waals surface area contributed by atoms with Gasteiger partial charge in [-0.2, -0.15) is 0 Å². The smallest absolute Gasteiger partial charge is 0.315 e. The zero-order valence-corrected chi connectivity index (χ0v) is 11.5. The molecule has 1 rings (SSSR count). The third-order valence-corrected chi connectivity index (χ3v) is 3.35. The van der Waals surface area contributed by atoms with Crippen molar-refractivity contribution in [1.29, 1.82) is 0 Å². The number of aliphatic carboxylic acids is 1. The number of likely N-dealkylation sites (N-methyl/N-ethyl adjacent to an activating group) is 1. The quantitative estimate of drug-likeness (QED) is 0.656. The van der Waals surface area contributed by atoms with Crippen molar-refractivity contribution in [2.45, 2.75) is 32.7 Å². The van der Waals surface area contributed by atoms with Crippen LogP contribution in [-0.2, 0) is 9.59 Å². The van der Waals surface area contributed by atoms with Crippen LogP contribution in [0.1, 0.15) is 26.7 Å². The van der Waals surface area contributed by atoms with Crippen LogP contribution in [-0.4, -0.2) is 54.1 Å². The number of urea groups is 1. The van der Waals surface area contributed by atoms with Crippen molar-refractivity contribution in [3.8, 4) is 0 Å². The van der Waals surface area contributed by atoms with Crippen LogP contribution < -0.4 is 10.6 Å². The summed E-state index contributed by atoms with van der Waals surface area (Å²) in [6, 6.07) is -0.910. The molecule has 1 aliphatic heterocycles. The SMILES string of the molecule is CN1CCC(NC(=O)NCCC(C)(C)C(=O)O)C1=O. The van der Waals surface area contributed by atoms with E-state index < -0.39 is 23.5 Å². The fourth-order valence-corrected chi connectivity index (χ4v) is 1.76. The first-order valence-electron chi connectivity index (χ1n) is 6.27. The van der Waals surface area contributed by atoms with Gasteiger partial charge in [-0.15, -0.1) is 0 Å². The summed E-state index contributed by atoms with van der Waals surface area (Å²) in [5.74, 6) is -0.997. The Morgan fingerprint density at radius 3 is 2.58 bits per heavy atom. The first kappa shape index (κ1) is 15.3. The molecule has 0 bridgehead atoms. The van der Waals surface area contributed by atoms with E-state index in [1.807, 2.05) is 0 Å². The highest BCUT2D eigenvalue weighted by Gasteiger charge is 2.30. The summed E-state index contributed by atoms with van der Waals surface area (Å²) in [6.45, 7) is 4.09. The molecule has 1 heterocycles. The van der Waals surface area contributed by atoms with Crippen LogP contribution in [0.3, 0.4) is 0 Å². The van der Waals surface area contributed by atoms with Gasteiger partial charge in [-0.1, -0.05) is 0 Å². The molecule has 0 spiro atoms. The van der Waals surface area contributed by atoms with E-state index in [4.69, 9.17) is 5.11 Å². The van der Waals surface area contributed by atoms with Crippen molar-refractivity contribution in [3.63, 3.8) is 0 Å². The number of carbonyl (C=O) groups is 3. The lowest BCUT2D eigenvalue weighted by atomic mass is 9.90. The third kappa shape index (κ3) is 4.11. The van der Waals surface area contributed by atoms with Crippen molar-refractivity contribution < 1.29 is 19.5 Å². The van der Waals surface area contributed by atoms with E-state index in [0.717, 1.165) is 0 Å². The fraction of sp³-hybridized carbons (Fsp3) is 0.750. The Hall–Kier alpha value is -1.79. The summed E-state index contributed by atoms with van der Waals surface area (Å²) in [5.41, 5.74) is -0.878. The molecule has 3 N–H and O–H groups in total. The van der Waals surface area contributed by atoms with Crippen LogP contribution in [0.25, 0.3) is 0 Å². The van der Waals surface area contributed by atoms with E-state index >= 15 is 0 Å². The Morgan fingerprint density at radius 1 is 1.47 bits per heavy atom. The maximum Gasteiger partial charge on any atom is 0.315 e. The van der Waals surface area contributed by atoms with Gasteiger partial charge in [-0.25, -0.2) is 4.79 Å². The summed E-state index contributed by atoms with van der Waals surface area (Å²) in [6.07, 6.45) is 0.928. The third-order valence-electron chi connectivity index (χ3n) is 3.35. The number of carbonyl (C=O) groups excluding carboxylic acids is 2. The number of hydrogen-bond donors (Lipinski definition) is 3. The maximum absolute atomic E-state index is 11.6. The van der Waals surface area contributed by atoms with E-state index in [-0.39, 0.29) is 12.5 Å². The molecule has 1 unspecified atom stereocenters. The van der Waals surface area contributed by atoms with E-state index in [2.05, 4.69) is 10.6 Å². The molecule has 108 valence electrons. The van der Waals surface area contributed by atoms with Gasteiger partial charge in [0, 0.05) is 20.1 Å². The average molecular weight is 271 g/mol. The highest BCUT2D eigenvalue weighted by Crippen LogP contribution is 2.19. The zero-order valence-electron chi connectivity index (χ0n) is 11.5. The molecule has 0 aromatic rings. The van der Waals surface area contributed by atoms with E-state index in [1.54, 1.807) is 25.8 Å². The lowest BCUT2D eigenvalue weighted by Gasteiger charge is -2.19. The minimum atomic E-state index is -0.901. The normalized spacial score (nSPS) is 19.4. The number of amides is 3. The molecule has 7 nitrogen and oxygen atoms in total. The molecule has 19 heavy (non-hydrogen) atoms. The van der Waals surface area contributed by atoms with E-state index in [0.29, 0.717) is 19.4 Å². The minimum absolute atomic E-state index is 0.0963. The van der Waals surface area contributed by atoms with Crippen molar-refractivity contribution >= 4 is 17.9 Å². The average Bonchev–Trinajstić information content (AvgIpc) is 2.60. The zero-order chi connectivity index (χ0) is 14.6. The van der Waals surface area contributed by atoms with Crippen LogP contribution in [0.15, 0.2) is 0 Å². The molecule has 0 aromatic heterocycles. The van der Waals surface area contributed by atoms with Gasteiger partial charge in [0.1, 0.15) is 6.04 Å². The number of likely N-dealkylation sites (tertiary alicyclic amines) is 1. The van der Waals surface area contributed by atoms with Gasteiger partial charge in [-0.05, 0) is 26.7 Å². The second-order valence-corrected chi connectivity index (χ2v) is 5.44. The molecule has 0 aromatic carbocycles. The first-order chi connectivity index (χ1) is 8.74. The number of carboxylic acid groups (broad SMARTS) is 1. The topological polar surface area (TPSA) is 98.7 Å². The van der Waals surface area contributed by atoms with Gasteiger partial charge in [0.2, 0.25) is 5.91 Å². The van der Waals surface area contributed by atoms with Gasteiger partial charge >= 0.3 is 12.0 Å².